The van der Waals surface area contributed by atoms with Gasteiger partial charge in [0, 0.05) is 38.3 Å². The van der Waals surface area contributed by atoms with E-state index in [4.69, 9.17) is 9.72 Å². The Labute approximate surface area is 247 Å². The molecular weight excluding hydrogens is 534 g/mol. The van der Waals surface area contributed by atoms with Gasteiger partial charge in [0.2, 0.25) is 11.9 Å². The standard InChI is InChI=1S/C31H43N7O4/c1-4-24-29(41)37(2)25-18-33-30(35-27(25)38(24)22-7-5-6-8-22)34-23-12-9-19(15-26(23)42-3)28(40)36-31(13-14-39)20-10-11-21(31)17-32-16-20/h9,12,15,18,20-22,24,32,39H,4-8,10-11,13-14,16-17H2,1-3H3,(H,36,40)(H,33,34,35)/t20?,21?,24-,31?/m1/s1. The van der Waals surface area contributed by atoms with E-state index in [0.29, 0.717) is 53.3 Å². The van der Waals surface area contributed by atoms with Crippen molar-refractivity contribution in [3.8, 4) is 5.75 Å². The number of carbonyl (C=O) groups is 2. The van der Waals surface area contributed by atoms with Crippen LogP contribution in [0.4, 0.5) is 23.1 Å². The molecule has 1 saturated heterocycles. The molecule has 42 heavy (non-hydrogen) atoms. The number of benzene rings is 1. The third-order valence-corrected chi connectivity index (χ3v) is 10.1. The molecule has 3 fully saturated rings. The fraction of sp³-hybridized carbons (Fsp3) is 0.613. The van der Waals surface area contributed by atoms with Crippen LogP contribution in [0.2, 0.25) is 0 Å². The van der Waals surface area contributed by atoms with Crippen LogP contribution in [0.25, 0.3) is 0 Å². The van der Waals surface area contributed by atoms with Crippen LogP contribution in [0.5, 0.6) is 5.75 Å². The number of anilines is 4. The predicted molar refractivity (Wildman–Crippen MR) is 162 cm³/mol. The number of ether oxygens (including phenoxy) is 1. The topological polar surface area (TPSA) is 132 Å². The molecule has 0 radical (unpaired) electrons. The lowest BCUT2D eigenvalue weighted by Gasteiger charge is -2.44. The van der Waals surface area contributed by atoms with Crippen LogP contribution in [0.15, 0.2) is 24.4 Å². The molecule has 2 aromatic rings. The maximum Gasteiger partial charge on any atom is 0.251 e. The molecule has 4 aliphatic rings. The number of nitrogens with one attached hydrogen (secondary N) is 3. The maximum absolute atomic E-state index is 13.5. The van der Waals surface area contributed by atoms with Gasteiger partial charge >= 0.3 is 0 Å². The molecular formula is C31H43N7O4. The average molecular weight is 578 g/mol. The number of aliphatic hydroxyl groups is 1. The van der Waals surface area contributed by atoms with Gasteiger partial charge in [-0.2, -0.15) is 4.98 Å². The number of hydrogen-bond donors (Lipinski definition) is 4. The molecule has 3 atom stereocenters. The Morgan fingerprint density at radius 3 is 2.60 bits per heavy atom. The molecule has 226 valence electrons. The zero-order chi connectivity index (χ0) is 29.4. The number of rotatable bonds is 9. The summed E-state index contributed by atoms with van der Waals surface area (Å²) in [6.07, 6.45) is 9.48. The van der Waals surface area contributed by atoms with Gasteiger partial charge < -0.3 is 35.6 Å². The summed E-state index contributed by atoms with van der Waals surface area (Å²) in [5.41, 5.74) is 1.46. The van der Waals surface area contributed by atoms with E-state index in [2.05, 4.69) is 25.8 Å². The lowest BCUT2D eigenvalue weighted by atomic mass is 9.75. The minimum absolute atomic E-state index is 0.0430. The molecule has 2 unspecified atom stereocenters. The van der Waals surface area contributed by atoms with Crippen molar-refractivity contribution < 1.29 is 19.4 Å². The third-order valence-electron chi connectivity index (χ3n) is 10.1. The normalized spacial score (nSPS) is 27.2. The summed E-state index contributed by atoms with van der Waals surface area (Å²) >= 11 is 0. The van der Waals surface area contributed by atoms with E-state index < -0.39 is 5.54 Å². The van der Waals surface area contributed by atoms with Gasteiger partial charge in [0.05, 0.1) is 24.5 Å². The Balaban J connectivity index is 1.25. The summed E-state index contributed by atoms with van der Waals surface area (Å²) < 4.78 is 5.69. The van der Waals surface area contributed by atoms with Gasteiger partial charge in [-0.1, -0.05) is 19.8 Å². The van der Waals surface area contributed by atoms with Crippen LogP contribution in [-0.4, -0.2) is 78.4 Å². The Kier molecular flexibility index (Phi) is 7.97. The SMILES string of the molecule is CC[C@@H]1C(=O)N(C)c2cnc(Nc3ccc(C(=O)NC4(CCO)C5CCC4CNC5)cc3OC)nc2N1C1CCCC1. The number of amides is 2. The fourth-order valence-corrected chi connectivity index (χ4v) is 7.89. The number of aliphatic hydroxyl groups excluding tert-OH is 1. The second kappa shape index (κ2) is 11.7. The van der Waals surface area contributed by atoms with Crippen molar-refractivity contribution >= 4 is 35.0 Å². The van der Waals surface area contributed by atoms with Gasteiger partial charge in [0.15, 0.2) is 5.82 Å². The van der Waals surface area contributed by atoms with Crippen LogP contribution in [-0.2, 0) is 4.79 Å². The Hall–Kier alpha value is -3.44. The van der Waals surface area contributed by atoms with Crippen LogP contribution >= 0.6 is 0 Å². The second-order valence-electron chi connectivity index (χ2n) is 12.2. The molecule has 3 heterocycles. The van der Waals surface area contributed by atoms with E-state index in [1.165, 1.54) is 0 Å². The smallest absolute Gasteiger partial charge is 0.251 e. The summed E-state index contributed by atoms with van der Waals surface area (Å²) in [7, 11) is 3.36. The van der Waals surface area contributed by atoms with E-state index in [0.717, 1.165) is 57.4 Å². The Morgan fingerprint density at radius 2 is 1.93 bits per heavy atom. The van der Waals surface area contributed by atoms with Crippen molar-refractivity contribution in [3.63, 3.8) is 0 Å². The number of hydrogen-bond acceptors (Lipinski definition) is 9. The molecule has 11 nitrogen and oxygen atoms in total. The van der Waals surface area contributed by atoms with Gasteiger partial charge in [0.25, 0.3) is 5.91 Å². The van der Waals surface area contributed by atoms with Crippen LogP contribution in [0.1, 0.15) is 68.6 Å². The van der Waals surface area contributed by atoms with Crippen molar-refractivity contribution in [1.82, 2.24) is 20.6 Å². The summed E-state index contributed by atoms with van der Waals surface area (Å²) in [6.45, 7) is 3.80. The first-order chi connectivity index (χ1) is 20.4. The lowest BCUT2D eigenvalue weighted by molar-refractivity contribution is -0.120. The first-order valence-electron chi connectivity index (χ1n) is 15.4. The van der Waals surface area contributed by atoms with Crippen LogP contribution < -0.4 is 30.5 Å². The fourth-order valence-electron chi connectivity index (χ4n) is 7.89. The van der Waals surface area contributed by atoms with E-state index in [-0.39, 0.29) is 30.5 Å². The minimum atomic E-state index is -0.395. The van der Waals surface area contributed by atoms with Gasteiger partial charge in [-0.25, -0.2) is 4.98 Å². The predicted octanol–water partition coefficient (Wildman–Crippen LogP) is 3.21. The quantitative estimate of drug-likeness (QED) is 0.355. The van der Waals surface area contributed by atoms with Crippen molar-refractivity contribution in [2.24, 2.45) is 11.8 Å². The van der Waals surface area contributed by atoms with E-state index in [1.807, 2.05) is 13.0 Å². The number of likely N-dealkylation sites (N-methyl/N-ethyl adjacent to an activating group) is 1. The number of fused-ring (bicyclic) bond motifs is 3. The van der Waals surface area contributed by atoms with Crippen LogP contribution in [0.3, 0.4) is 0 Å². The van der Waals surface area contributed by atoms with Crippen molar-refractivity contribution in [2.75, 3.05) is 49.0 Å². The van der Waals surface area contributed by atoms with Crippen molar-refractivity contribution in [1.29, 1.82) is 0 Å². The largest absolute Gasteiger partial charge is 0.495 e. The average Bonchev–Trinajstić information content (AvgIpc) is 3.56. The first-order valence-corrected chi connectivity index (χ1v) is 15.4. The summed E-state index contributed by atoms with van der Waals surface area (Å²) in [5, 5.41) is 20.0. The Bertz CT molecular complexity index is 1310. The Morgan fingerprint density at radius 1 is 1.19 bits per heavy atom. The second-order valence-corrected chi connectivity index (χ2v) is 12.2. The van der Waals surface area contributed by atoms with E-state index in [9.17, 15) is 14.7 Å². The number of carbonyl (C=O) groups excluding carboxylic acids is 2. The van der Waals surface area contributed by atoms with Gasteiger partial charge in [-0.05, 0) is 68.6 Å². The first kappa shape index (κ1) is 28.7. The number of methoxy groups -OCH3 is 1. The molecule has 2 saturated carbocycles. The zero-order valence-corrected chi connectivity index (χ0v) is 24.9. The van der Waals surface area contributed by atoms with Gasteiger partial charge in [-0.3, -0.25) is 9.59 Å². The summed E-state index contributed by atoms with van der Waals surface area (Å²) in [6, 6.07) is 5.36. The molecule has 1 aromatic heterocycles. The van der Waals surface area contributed by atoms with E-state index in [1.54, 1.807) is 37.4 Å². The molecule has 2 aliphatic heterocycles. The lowest BCUT2D eigenvalue weighted by Crippen LogP contribution is -2.62. The molecule has 1 aromatic carbocycles. The summed E-state index contributed by atoms with van der Waals surface area (Å²) in [5.74, 6) is 2.20. The number of aromatic nitrogens is 2. The highest BCUT2D eigenvalue weighted by molar-refractivity contribution is 6.04. The highest BCUT2D eigenvalue weighted by Gasteiger charge is 2.52. The number of piperidine rings is 1. The minimum Gasteiger partial charge on any atom is -0.495 e. The molecule has 4 N–H and O–H groups in total. The maximum atomic E-state index is 13.5. The number of nitrogens with zero attached hydrogens (tertiary/aromatic N) is 4. The third kappa shape index (κ3) is 4.86. The van der Waals surface area contributed by atoms with Crippen molar-refractivity contribution in [2.45, 2.75) is 75.9 Å². The molecule has 0 spiro atoms. The van der Waals surface area contributed by atoms with E-state index >= 15 is 0 Å². The summed E-state index contributed by atoms with van der Waals surface area (Å²) in [4.78, 5) is 40.1. The van der Waals surface area contributed by atoms with Gasteiger partial charge in [-0.15, -0.1) is 0 Å². The van der Waals surface area contributed by atoms with Gasteiger partial charge in [0.1, 0.15) is 17.5 Å². The highest BCUT2D eigenvalue weighted by Crippen LogP contribution is 2.45. The molecule has 11 heteroatoms. The molecule has 2 aliphatic carbocycles. The zero-order valence-electron chi connectivity index (χ0n) is 24.9. The van der Waals surface area contributed by atoms with Crippen molar-refractivity contribution in [3.05, 3.63) is 30.0 Å². The molecule has 6 rings (SSSR count). The highest BCUT2D eigenvalue weighted by atomic mass is 16.5. The van der Waals surface area contributed by atoms with Crippen LogP contribution in [0, 0.1) is 11.8 Å². The monoisotopic (exact) mass is 577 g/mol. The molecule has 2 bridgehead atoms. The molecule has 2 amide bonds.